The molecule has 11 aromatic carbocycles. The van der Waals surface area contributed by atoms with Gasteiger partial charge < -0.3 is 8.98 Å². The first-order chi connectivity index (χ1) is 39.1. The molecule has 15 aromatic rings. The molecule has 15 rings (SSSR count). The van der Waals surface area contributed by atoms with Crippen molar-refractivity contribution in [2.24, 2.45) is 0 Å². The molecule has 0 aliphatic heterocycles. The van der Waals surface area contributed by atoms with Gasteiger partial charge in [-0.2, -0.15) is 0 Å². The zero-order valence-electron chi connectivity index (χ0n) is 45.7. The predicted molar refractivity (Wildman–Crippen MR) is 304 cm³/mol. The van der Waals surface area contributed by atoms with Gasteiger partial charge in [-0.3, -0.25) is 0 Å². The molecule has 0 saturated heterocycles. The molecular formula is C67H40N4OS. The van der Waals surface area contributed by atoms with Crippen molar-refractivity contribution in [3.63, 3.8) is 0 Å². The van der Waals surface area contributed by atoms with Gasteiger partial charge in [-0.05, 0) is 93.1 Å². The number of hydrogen-bond donors (Lipinski definition) is 0. The first-order valence-corrected chi connectivity index (χ1v) is 24.8. The van der Waals surface area contributed by atoms with Crippen molar-refractivity contribution in [3.05, 3.63) is 242 Å². The first-order valence-electron chi connectivity index (χ1n) is 27.5. The monoisotopic (exact) mass is 955 g/mol. The highest BCUT2D eigenvalue weighted by Gasteiger charge is 2.22. The molecule has 340 valence electrons. The Morgan fingerprint density at radius 1 is 0.370 bits per heavy atom. The summed E-state index contributed by atoms with van der Waals surface area (Å²) in [7, 11) is 0. The molecule has 5 nitrogen and oxygen atoms in total. The van der Waals surface area contributed by atoms with Gasteiger partial charge in [0.1, 0.15) is 11.2 Å². The van der Waals surface area contributed by atoms with E-state index in [9.17, 15) is 2.74 Å². The molecule has 0 atom stereocenters. The number of para-hydroxylation sites is 5. The number of hydrogen-bond acceptors (Lipinski definition) is 5. The van der Waals surface area contributed by atoms with E-state index in [4.69, 9.17) is 26.2 Å². The summed E-state index contributed by atoms with van der Waals surface area (Å²) in [6, 6.07) is 64.8. The molecule has 0 amide bonds. The van der Waals surface area contributed by atoms with Crippen molar-refractivity contribution in [2.75, 3.05) is 0 Å². The third-order valence-electron chi connectivity index (χ3n) is 14.0. The van der Waals surface area contributed by atoms with Crippen LogP contribution in [0.4, 0.5) is 0 Å². The molecule has 0 aliphatic carbocycles. The maximum atomic E-state index is 9.30. The largest absolute Gasteiger partial charge is 0.455 e. The normalized spacial score (nSPS) is 13.2. The van der Waals surface area contributed by atoms with Gasteiger partial charge in [0.25, 0.3) is 0 Å². The maximum Gasteiger partial charge on any atom is 0.166 e. The number of nitrogens with zero attached hydrogens (tertiary/aromatic N) is 4. The summed E-state index contributed by atoms with van der Waals surface area (Å²) < 4.78 is 73.3. The lowest BCUT2D eigenvalue weighted by molar-refractivity contribution is 0.670. The molecule has 73 heavy (non-hydrogen) atoms. The Morgan fingerprint density at radius 2 is 0.986 bits per heavy atom. The standard InChI is InChI=1S/C67H40N4OS/c1-2-17-41(18-3-1)45-36-37-55(49-22-5-4-21-48(45)49)66-68-65(69-67(70-66)56-26-8-12-33-60(56)71-58-31-10-6-23-50(58)51-24-7-11-32-59(51)71)44-20-14-19-42(39-44)47-28-16-30-54-57-40-43(35-38-62(57)73-64(47)54)46-27-15-29-53-52-25-9-13-34-61(52)72-63(46)53/h1-40H/i6D,7D,10D,23D,24D,31D,32D. The van der Waals surface area contributed by atoms with Crippen LogP contribution in [0.2, 0.25) is 0 Å². The van der Waals surface area contributed by atoms with Crippen molar-refractivity contribution in [3.8, 4) is 73.2 Å². The zero-order chi connectivity index (χ0) is 54.1. The van der Waals surface area contributed by atoms with Gasteiger partial charge in [-0.25, -0.2) is 15.0 Å². The Morgan fingerprint density at radius 3 is 1.88 bits per heavy atom. The van der Waals surface area contributed by atoms with E-state index in [-0.39, 0.29) is 57.8 Å². The summed E-state index contributed by atoms with van der Waals surface area (Å²) in [6.45, 7) is 0. The van der Waals surface area contributed by atoms with E-state index in [1.165, 1.54) is 6.07 Å². The number of fused-ring (bicyclic) bond motifs is 10. The van der Waals surface area contributed by atoms with E-state index in [1.807, 2.05) is 84.9 Å². The Hall–Kier alpha value is -9.49. The van der Waals surface area contributed by atoms with Crippen molar-refractivity contribution in [1.82, 2.24) is 19.5 Å². The number of furan rings is 1. The summed E-state index contributed by atoms with van der Waals surface area (Å²) in [6.07, 6.45) is 0. The molecule has 4 aromatic heterocycles. The van der Waals surface area contributed by atoms with Crippen LogP contribution in [0, 0.1) is 0 Å². The number of thiophene rings is 1. The van der Waals surface area contributed by atoms with Gasteiger partial charge in [0.05, 0.1) is 26.3 Å². The van der Waals surface area contributed by atoms with Gasteiger partial charge >= 0.3 is 0 Å². The van der Waals surface area contributed by atoms with Gasteiger partial charge in [-0.15, -0.1) is 11.3 Å². The third-order valence-corrected chi connectivity index (χ3v) is 15.2. The minimum atomic E-state index is -0.471. The highest BCUT2D eigenvalue weighted by atomic mass is 32.1. The van der Waals surface area contributed by atoms with Crippen molar-refractivity contribution < 1.29 is 14.0 Å². The van der Waals surface area contributed by atoms with Gasteiger partial charge in [0.15, 0.2) is 17.5 Å². The Balaban J connectivity index is 0.932. The topological polar surface area (TPSA) is 56.7 Å². The van der Waals surface area contributed by atoms with E-state index in [1.54, 1.807) is 22.0 Å². The average Bonchev–Trinajstić information content (AvgIpc) is 4.38. The molecule has 4 heterocycles. The molecular weight excluding hydrogens is 909 g/mol. The summed E-state index contributed by atoms with van der Waals surface area (Å²) in [5.74, 6) is 1.07. The number of rotatable bonds is 7. The zero-order valence-corrected chi connectivity index (χ0v) is 39.5. The fourth-order valence-corrected chi connectivity index (χ4v) is 11.9. The fraction of sp³-hybridized carbons (Fsp3) is 0. The van der Waals surface area contributed by atoms with Crippen molar-refractivity contribution in [1.29, 1.82) is 0 Å². The van der Waals surface area contributed by atoms with Crippen LogP contribution in [0.25, 0.3) is 148 Å². The van der Waals surface area contributed by atoms with Crippen molar-refractivity contribution in [2.45, 2.75) is 0 Å². The summed E-state index contributed by atoms with van der Waals surface area (Å²) in [5.41, 5.74) is 10.6. The minimum Gasteiger partial charge on any atom is -0.455 e. The van der Waals surface area contributed by atoms with E-state index in [0.717, 1.165) is 97.4 Å². The highest BCUT2D eigenvalue weighted by molar-refractivity contribution is 7.26. The van der Waals surface area contributed by atoms with E-state index in [0.29, 0.717) is 22.9 Å². The third kappa shape index (κ3) is 6.65. The molecule has 0 aliphatic rings. The SMILES string of the molecule is [2H]c1cc([2H])c2c(c1[2H])c1c([2H])c([2H])c([2H])c([2H])c1n2-c1ccccc1-c1nc(-c2cccc(-c3cccc4c3sc3ccc(-c5cccc6c5oc5ccccc56)cc34)c2)nc(-c2ccc(-c3ccccc3)c3ccccc23)n1. The molecule has 0 N–H and O–H groups in total. The van der Waals surface area contributed by atoms with Crippen LogP contribution >= 0.6 is 11.3 Å². The van der Waals surface area contributed by atoms with Crippen molar-refractivity contribution >= 4 is 86.0 Å². The van der Waals surface area contributed by atoms with Crippen LogP contribution in [0.1, 0.15) is 9.60 Å². The second-order valence-corrected chi connectivity index (χ2v) is 19.1. The second kappa shape index (κ2) is 16.6. The molecule has 0 bridgehead atoms. The number of aromatic nitrogens is 4. The highest BCUT2D eigenvalue weighted by Crippen LogP contribution is 2.44. The lowest BCUT2D eigenvalue weighted by Crippen LogP contribution is -2.04. The molecule has 0 unspecified atom stereocenters. The molecule has 0 radical (unpaired) electrons. The van der Waals surface area contributed by atoms with Crippen LogP contribution in [-0.2, 0) is 0 Å². The van der Waals surface area contributed by atoms with Gasteiger partial charge in [0, 0.05) is 64.0 Å². The van der Waals surface area contributed by atoms with Crippen LogP contribution in [0.15, 0.2) is 247 Å². The van der Waals surface area contributed by atoms with Crippen LogP contribution in [-0.4, -0.2) is 19.5 Å². The smallest absolute Gasteiger partial charge is 0.166 e. The van der Waals surface area contributed by atoms with E-state index >= 15 is 0 Å². The Bertz CT molecular complexity index is 5130. The van der Waals surface area contributed by atoms with Crippen LogP contribution < -0.4 is 0 Å². The van der Waals surface area contributed by atoms with Crippen LogP contribution in [0.3, 0.4) is 0 Å². The fourth-order valence-electron chi connectivity index (χ4n) is 10.7. The quantitative estimate of drug-likeness (QED) is 0.160. The minimum absolute atomic E-state index is 0.0570. The second-order valence-electron chi connectivity index (χ2n) is 18.1. The Kier molecular flexibility index (Phi) is 7.88. The molecule has 0 spiro atoms. The average molecular weight is 956 g/mol. The Labute approximate surface area is 433 Å². The lowest BCUT2D eigenvalue weighted by Gasteiger charge is -2.16. The summed E-state index contributed by atoms with van der Waals surface area (Å²) >= 11 is 1.75. The molecule has 6 heteroatoms. The predicted octanol–water partition coefficient (Wildman–Crippen LogP) is 18.4. The molecule has 0 saturated carbocycles. The van der Waals surface area contributed by atoms with Gasteiger partial charge in [-0.1, -0.05) is 188 Å². The molecule has 0 fully saturated rings. The van der Waals surface area contributed by atoms with E-state index in [2.05, 4.69) is 103 Å². The van der Waals surface area contributed by atoms with E-state index < -0.39 is 12.1 Å². The lowest BCUT2D eigenvalue weighted by atomic mass is 9.94. The van der Waals surface area contributed by atoms with Crippen LogP contribution in [0.5, 0.6) is 0 Å². The summed E-state index contributed by atoms with van der Waals surface area (Å²) in [4.78, 5) is 15.9. The maximum absolute atomic E-state index is 9.30. The first kappa shape index (κ1) is 34.7. The summed E-state index contributed by atoms with van der Waals surface area (Å²) in [5, 5.41) is 6.56. The number of benzene rings is 11. The van der Waals surface area contributed by atoms with Gasteiger partial charge in [0.2, 0.25) is 0 Å².